The predicted molar refractivity (Wildman–Crippen MR) is 65.9 cm³/mol. The van der Waals surface area contributed by atoms with Crippen molar-refractivity contribution in [3.8, 4) is 0 Å². The number of likely N-dealkylation sites (N-methyl/N-ethyl adjacent to an activating group) is 1. The van der Waals surface area contributed by atoms with E-state index in [2.05, 4.69) is 58.6 Å². The van der Waals surface area contributed by atoms with Gasteiger partial charge >= 0.3 is 0 Å². The van der Waals surface area contributed by atoms with Crippen molar-refractivity contribution in [1.82, 2.24) is 5.32 Å². The molecule has 0 atom stereocenters. The van der Waals surface area contributed by atoms with Crippen molar-refractivity contribution in [2.75, 3.05) is 25.0 Å². The van der Waals surface area contributed by atoms with Gasteiger partial charge in [0.2, 0.25) is 0 Å². The number of benzene rings is 1. The molecule has 2 N–H and O–H groups in total. The summed E-state index contributed by atoms with van der Waals surface area (Å²) in [6, 6.07) is 6.28. The monoisotopic (exact) mass is 256 g/mol. The van der Waals surface area contributed by atoms with Gasteiger partial charge in [0.1, 0.15) is 0 Å². The Morgan fingerprint density at radius 1 is 1.29 bits per heavy atom. The highest BCUT2D eigenvalue weighted by molar-refractivity contribution is 9.10. The van der Waals surface area contributed by atoms with Crippen LogP contribution in [0.1, 0.15) is 12.5 Å². The lowest BCUT2D eigenvalue weighted by molar-refractivity contribution is 0.739. The van der Waals surface area contributed by atoms with Crippen LogP contribution in [-0.2, 0) is 0 Å². The van der Waals surface area contributed by atoms with Crippen LogP contribution >= 0.6 is 15.9 Å². The minimum Gasteiger partial charge on any atom is -0.384 e. The maximum atomic E-state index is 3.46. The molecule has 0 radical (unpaired) electrons. The van der Waals surface area contributed by atoms with E-state index in [9.17, 15) is 0 Å². The van der Waals surface area contributed by atoms with E-state index in [1.165, 1.54) is 11.3 Å². The Morgan fingerprint density at radius 2 is 2.07 bits per heavy atom. The number of rotatable bonds is 5. The summed E-state index contributed by atoms with van der Waals surface area (Å²) < 4.78 is 1.12. The second kappa shape index (κ2) is 6.04. The van der Waals surface area contributed by atoms with Crippen LogP contribution in [0.2, 0.25) is 0 Å². The Hall–Kier alpha value is -0.540. The zero-order valence-corrected chi connectivity index (χ0v) is 10.3. The molecule has 3 heteroatoms. The maximum absolute atomic E-state index is 3.46. The van der Waals surface area contributed by atoms with E-state index in [0.717, 1.165) is 24.1 Å². The largest absolute Gasteiger partial charge is 0.384 e. The zero-order valence-electron chi connectivity index (χ0n) is 8.73. The SMILES string of the molecule is CCNCCNc1cc(Br)ccc1C. The van der Waals surface area contributed by atoms with Crippen LogP contribution in [0.15, 0.2) is 22.7 Å². The zero-order chi connectivity index (χ0) is 10.4. The van der Waals surface area contributed by atoms with E-state index in [0.29, 0.717) is 0 Å². The molecule has 1 aromatic rings. The average Bonchev–Trinajstić information content (AvgIpc) is 2.18. The summed E-state index contributed by atoms with van der Waals surface area (Å²) in [4.78, 5) is 0. The summed E-state index contributed by atoms with van der Waals surface area (Å²) in [5, 5.41) is 6.67. The quantitative estimate of drug-likeness (QED) is 0.792. The lowest BCUT2D eigenvalue weighted by atomic mass is 10.2. The third-order valence-corrected chi connectivity index (χ3v) is 2.56. The summed E-state index contributed by atoms with van der Waals surface area (Å²) in [7, 11) is 0. The molecule has 1 rings (SSSR count). The maximum Gasteiger partial charge on any atom is 0.0381 e. The molecule has 0 saturated carbocycles. The molecule has 0 aliphatic rings. The molecule has 0 saturated heterocycles. The van der Waals surface area contributed by atoms with Crippen LogP contribution in [0.5, 0.6) is 0 Å². The van der Waals surface area contributed by atoms with Crippen molar-refractivity contribution in [1.29, 1.82) is 0 Å². The molecule has 0 aliphatic heterocycles. The van der Waals surface area contributed by atoms with Gasteiger partial charge in [0.15, 0.2) is 0 Å². The summed E-state index contributed by atoms with van der Waals surface area (Å²) >= 11 is 3.46. The molecule has 0 amide bonds. The molecule has 78 valence electrons. The summed E-state index contributed by atoms with van der Waals surface area (Å²) in [5.41, 5.74) is 2.49. The average molecular weight is 257 g/mol. The molecule has 0 aromatic heterocycles. The summed E-state index contributed by atoms with van der Waals surface area (Å²) in [6.45, 7) is 7.22. The number of aryl methyl sites for hydroxylation is 1. The Morgan fingerprint density at radius 3 is 2.79 bits per heavy atom. The van der Waals surface area contributed by atoms with Gasteiger partial charge in [-0.05, 0) is 31.2 Å². The van der Waals surface area contributed by atoms with Gasteiger partial charge in [0.25, 0.3) is 0 Å². The van der Waals surface area contributed by atoms with Crippen molar-refractivity contribution >= 4 is 21.6 Å². The first kappa shape index (κ1) is 11.5. The molecule has 0 unspecified atom stereocenters. The fourth-order valence-electron chi connectivity index (χ4n) is 1.25. The second-order valence-corrected chi connectivity index (χ2v) is 4.16. The lowest BCUT2D eigenvalue weighted by Crippen LogP contribution is -2.21. The number of nitrogens with one attached hydrogen (secondary N) is 2. The molecule has 0 fully saturated rings. The first-order valence-corrected chi connectivity index (χ1v) is 5.74. The van der Waals surface area contributed by atoms with Crippen LogP contribution in [0, 0.1) is 6.92 Å². The van der Waals surface area contributed by atoms with Crippen LogP contribution < -0.4 is 10.6 Å². The van der Waals surface area contributed by atoms with E-state index < -0.39 is 0 Å². The molecule has 0 heterocycles. The number of hydrogen-bond acceptors (Lipinski definition) is 2. The first-order valence-electron chi connectivity index (χ1n) is 4.94. The lowest BCUT2D eigenvalue weighted by Gasteiger charge is -2.09. The van der Waals surface area contributed by atoms with Crippen molar-refractivity contribution in [2.45, 2.75) is 13.8 Å². The normalized spacial score (nSPS) is 10.2. The summed E-state index contributed by atoms with van der Waals surface area (Å²) in [5.74, 6) is 0. The standard InChI is InChI=1S/C11H17BrN2/c1-3-13-6-7-14-11-8-10(12)5-4-9(11)2/h4-5,8,13-14H,3,6-7H2,1-2H3. The molecule has 1 aromatic carbocycles. The Kier molecular flexibility index (Phi) is 4.98. The highest BCUT2D eigenvalue weighted by atomic mass is 79.9. The Balaban J connectivity index is 2.45. The van der Waals surface area contributed by atoms with E-state index >= 15 is 0 Å². The molecule has 14 heavy (non-hydrogen) atoms. The fraction of sp³-hybridized carbons (Fsp3) is 0.455. The minimum atomic E-state index is 0.963. The van der Waals surface area contributed by atoms with E-state index in [1.807, 2.05) is 0 Å². The molecule has 0 aliphatic carbocycles. The fourth-order valence-corrected chi connectivity index (χ4v) is 1.61. The van der Waals surface area contributed by atoms with E-state index in [1.54, 1.807) is 0 Å². The van der Waals surface area contributed by atoms with Gasteiger partial charge in [0.05, 0.1) is 0 Å². The second-order valence-electron chi connectivity index (χ2n) is 3.24. The predicted octanol–water partition coefficient (Wildman–Crippen LogP) is 2.78. The number of anilines is 1. The van der Waals surface area contributed by atoms with Crippen molar-refractivity contribution in [3.05, 3.63) is 28.2 Å². The first-order chi connectivity index (χ1) is 6.74. The van der Waals surface area contributed by atoms with Crippen molar-refractivity contribution in [2.24, 2.45) is 0 Å². The third-order valence-electron chi connectivity index (χ3n) is 2.07. The highest BCUT2D eigenvalue weighted by Gasteiger charge is 1.97. The number of halogens is 1. The van der Waals surface area contributed by atoms with Gasteiger partial charge in [0, 0.05) is 23.2 Å². The number of hydrogen-bond donors (Lipinski definition) is 2. The van der Waals surface area contributed by atoms with Gasteiger partial charge in [-0.15, -0.1) is 0 Å². The third kappa shape index (κ3) is 3.68. The van der Waals surface area contributed by atoms with Gasteiger partial charge in [-0.2, -0.15) is 0 Å². The van der Waals surface area contributed by atoms with Gasteiger partial charge in [-0.25, -0.2) is 0 Å². The Labute approximate surface area is 94.2 Å². The van der Waals surface area contributed by atoms with Crippen molar-refractivity contribution in [3.63, 3.8) is 0 Å². The van der Waals surface area contributed by atoms with E-state index in [4.69, 9.17) is 0 Å². The summed E-state index contributed by atoms with van der Waals surface area (Å²) in [6.07, 6.45) is 0. The van der Waals surface area contributed by atoms with Gasteiger partial charge in [-0.1, -0.05) is 28.9 Å². The minimum absolute atomic E-state index is 0.963. The van der Waals surface area contributed by atoms with Gasteiger partial charge < -0.3 is 10.6 Å². The topological polar surface area (TPSA) is 24.1 Å². The van der Waals surface area contributed by atoms with Crippen LogP contribution in [0.3, 0.4) is 0 Å². The molecule has 0 bridgehead atoms. The van der Waals surface area contributed by atoms with Crippen LogP contribution in [0.4, 0.5) is 5.69 Å². The van der Waals surface area contributed by atoms with Crippen LogP contribution in [0.25, 0.3) is 0 Å². The van der Waals surface area contributed by atoms with Gasteiger partial charge in [-0.3, -0.25) is 0 Å². The van der Waals surface area contributed by atoms with E-state index in [-0.39, 0.29) is 0 Å². The molecule has 2 nitrogen and oxygen atoms in total. The van der Waals surface area contributed by atoms with Crippen LogP contribution in [-0.4, -0.2) is 19.6 Å². The molecular formula is C11H17BrN2. The highest BCUT2D eigenvalue weighted by Crippen LogP contribution is 2.20. The smallest absolute Gasteiger partial charge is 0.0381 e. The molecular weight excluding hydrogens is 240 g/mol. The molecule has 0 spiro atoms. The van der Waals surface area contributed by atoms with Crippen molar-refractivity contribution < 1.29 is 0 Å². The Bertz CT molecular complexity index is 287.